The lowest BCUT2D eigenvalue weighted by molar-refractivity contribution is 1.03. The molecule has 0 radical (unpaired) electrons. The van der Waals surface area contributed by atoms with Crippen molar-refractivity contribution in [1.29, 1.82) is 5.26 Å². The van der Waals surface area contributed by atoms with E-state index in [0.717, 1.165) is 24.4 Å². The van der Waals surface area contributed by atoms with E-state index >= 15 is 0 Å². The molecule has 1 N–H and O–H groups in total. The van der Waals surface area contributed by atoms with E-state index in [4.69, 9.17) is 10.2 Å². The van der Waals surface area contributed by atoms with Crippen LogP contribution in [0.3, 0.4) is 0 Å². The molecule has 0 atom stereocenters. The van der Waals surface area contributed by atoms with E-state index < -0.39 is 0 Å². The number of anilines is 2. The van der Waals surface area contributed by atoms with Crippen molar-refractivity contribution in [3.8, 4) is 6.07 Å². The monoisotopic (exact) mass is 314 g/mol. The Bertz CT molecular complexity index is 869. The highest BCUT2D eigenvalue weighted by Gasteiger charge is 2.25. The highest BCUT2D eigenvalue weighted by Crippen LogP contribution is 2.41. The van der Waals surface area contributed by atoms with Crippen LogP contribution in [0.15, 0.2) is 48.7 Å². The minimum atomic E-state index is 0.589. The van der Waals surface area contributed by atoms with Gasteiger partial charge in [0.25, 0.3) is 0 Å². The molecule has 118 valence electrons. The van der Waals surface area contributed by atoms with Crippen molar-refractivity contribution in [2.75, 3.05) is 5.32 Å². The number of pyridine rings is 2. The molecule has 4 nitrogen and oxygen atoms in total. The first-order valence-corrected chi connectivity index (χ1v) is 8.33. The molecule has 2 aromatic heterocycles. The maximum atomic E-state index is 9.03. The van der Waals surface area contributed by atoms with Gasteiger partial charge in [0.1, 0.15) is 11.6 Å². The molecule has 1 saturated carbocycles. The Hall–Kier alpha value is -2.93. The van der Waals surface area contributed by atoms with Crippen LogP contribution in [0.2, 0.25) is 0 Å². The lowest BCUT2D eigenvalue weighted by Crippen LogP contribution is -2.01. The number of rotatable bonds is 4. The van der Waals surface area contributed by atoms with Crippen molar-refractivity contribution in [2.45, 2.75) is 31.6 Å². The van der Waals surface area contributed by atoms with E-state index in [-0.39, 0.29) is 0 Å². The lowest BCUT2D eigenvalue weighted by Gasteiger charge is -2.13. The molecule has 2 aliphatic carbocycles. The van der Waals surface area contributed by atoms with Crippen LogP contribution in [0.4, 0.5) is 11.6 Å². The summed E-state index contributed by atoms with van der Waals surface area (Å²) in [6.45, 7) is 0. The SMILES string of the molecule is N#Cc1ccnc(Nc2cc(C3CC3)cc(C3=CC=CCC3)n2)c1. The predicted octanol–water partition coefficient (Wildman–Crippen LogP) is 4.70. The number of nitriles is 1. The first-order valence-electron chi connectivity index (χ1n) is 8.33. The molecule has 4 heteroatoms. The van der Waals surface area contributed by atoms with Crippen LogP contribution in [0.5, 0.6) is 0 Å². The normalized spacial score (nSPS) is 16.4. The Morgan fingerprint density at radius 2 is 2.08 bits per heavy atom. The molecular formula is C20H18N4. The number of hydrogen-bond donors (Lipinski definition) is 1. The fraction of sp³-hybridized carbons (Fsp3) is 0.250. The van der Waals surface area contributed by atoms with Crippen molar-refractivity contribution in [3.05, 3.63) is 65.5 Å². The zero-order valence-electron chi connectivity index (χ0n) is 13.4. The molecule has 0 spiro atoms. The second-order valence-corrected chi connectivity index (χ2v) is 6.27. The van der Waals surface area contributed by atoms with E-state index in [9.17, 15) is 0 Å². The second kappa shape index (κ2) is 6.29. The number of allylic oxidation sites excluding steroid dienone is 4. The van der Waals surface area contributed by atoms with Crippen molar-refractivity contribution < 1.29 is 0 Å². The number of aromatic nitrogens is 2. The zero-order chi connectivity index (χ0) is 16.4. The van der Waals surface area contributed by atoms with Gasteiger partial charge < -0.3 is 5.32 Å². The first kappa shape index (κ1) is 14.6. The van der Waals surface area contributed by atoms with E-state index in [0.29, 0.717) is 17.3 Å². The van der Waals surface area contributed by atoms with Crippen LogP contribution in [-0.2, 0) is 0 Å². The summed E-state index contributed by atoms with van der Waals surface area (Å²) in [6, 6.07) is 9.92. The maximum absolute atomic E-state index is 9.03. The molecule has 1 fully saturated rings. The maximum Gasteiger partial charge on any atom is 0.132 e. The summed E-state index contributed by atoms with van der Waals surface area (Å²) < 4.78 is 0. The Morgan fingerprint density at radius 3 is 2.83 bits per heavy atom. The minimum Gasteiger partial charge on any atom is -0.325 e. The van der Waals surface area contributed by atoms with Crippen molar-refractivity contribution in [2.24, 2.45) is 0 Å². The Labute approximate surface area is 141 Å². The summed E-state index contributed by atoms with van der Waals surface area (Å²) in [5.74, 6) is 2.11. The predicted molar refractivity (Wildman–Crippen MR) is 94.8 cm³/mol. The average molecular weight is 314 g/mol. The molecule has 0 aliphatic heterocycles. The zero-order valence-corrected chi connectivity index (χ0v) is 13.4. The van der Waals surface area contributed by atoms with E-state index in [1.165, 1.54) is 24.0 Å². The number of hydrogen-bond acceptors (Lipinski definition) is 4. The van der Waals surface area contributed by atoms with Gasteiger partial charge >= 0.3 is 0 Å². The quantitative estimate of drug-likeness (QED) is 0.888. The highest BCUT2D eigenvalue weighted by molar-refractivity contribution is 5.68. The molecule has 2 heterocycles. The summed E-state index contributed by atoms with van der Waals surface area (Å²) in [6.07, 6.45) is 12.7. The van der Waals surface area contributed by atoms with Gasteiger partial charge in [0.15, 0.2) is 0 Å². The van der Waals surface area contributed by atoms with Gasteiger partial charge in [0.05, 0.1) is 17.3 Å². The fourth-order valence-electron chi connectivity index (χ4n) is 2.95. The molecule has 0 unspecified atom stereocenters. The van der Waals surface area contributed by atoms with Crippen LogP contribution < -0.4 is 5.32 Å². The summed E-state index contributed by atoms with van der Waals surface area (Å²) in [5.41, 5.74) is 4.25. The van der Waals surface area contributed by atoms with Gasteiger partial charge in [-0.15, -0.1) is 0 Å². The second-order valence-electron chi connectivity index (χ2n) is 6.27. The van der Waals surface area contributed by atoms with Crippen LogP contribution in [0.25, 0.3) is 5.57 Å². The third kappa shape index (κ3) is 3.21. The van der Waals surface area contributed by atoms with E-state index in [1.807, 2.05) is 0 Å². The molecule has 24 heavy (non-hydrogen) atoms. The smallest absolute Gasteiger partial charge is 0.132 e. The van der Waals surface area contributed by atoms with E-state index in [2.05, 4.69) is 46.7 Å². The summed E-state index contributed by atoms with van der Waals surface area (Å²) >= 11 is 0. The average Bonchev–Trinajstić information content (AvgIpc) is 3.47. The fourth-order valence-corrected chi connectivity index (χ4v) is 2.95. The number of nitrogens with one attached hydrogen (secondary N) is 1. The third-order valence-corrected chi connectivity index (χ3v) is 4.38. The molecule has 2 aliphatic rings. The molecule has 0 bridgehead atoms. The molecule has 2 aromatic rings. The highest BCUT2D eigenvalue weighted by atomic mass is 15.1. The molecule has 0 amide bonds. The van der Waals surface area contributed by atoms with Crippen molar-refractivity contribution in [3.63, 3.8) is 0 Å². The Balaban J connectivity index is 1.69. The van der Waals surface area contributed by atoms with Crippen LogP contribution in [-0.4, -0.2) is 9.97 Å². The van der Waals surface area contributed by atoms with Crippen LogP contribution in [0, 0.1) is 11.3 Å². The van der Waals surface area contributed by atoms with Gasteiger partial charge in [0.2, 0.25) is 0 Å². The molecule has 4 rings (SSSR count). The van der Waals surface area contributed by atoms with Gasteiger partial charge in [-0.05, 0) is 67.0 Å². The standard InChI is InChI=1S/C20H18N4/c21-13-14-8-9-22-19(10-14)24-20-12-17(15-6-7-15)11-18(23-20)16-4-2-1-3-5-16/h1-2,4,8-12,15H,3,5-7H2,(H,22,23,24). The minimum absolute atomic E-state index is 0.589. The Kier molecular flexibility index (Phi) is 3.84. The van der Waals surface area contributed by atoms with Gasteiger partial charge in [-0.3, -0.25) is 0 Å². The first-order chi connectivity index (χ1) is 11.8. The van der Waals surface area contributed by atoms with Gasteiger partial charge in [-0.2, -0.15) is 5.26 Å². The van der Waals surface area contributed by atoms with E-state index in [1.54, 1.807) is 18.3 Å². The summed E-state index contributed by atoms with van der Waals surface area (Å²) in [5, 5.41) is 12.3. The summed E-state index contributed by atoms with van der Waals surface area (Å²) in [7, 11) is 0. The van der Waals surface area contributed by atoms with Crippen molar-refractivity contribution in [1.82, 2.24) is 9.97 Å². The van der Waals surface area contributed by atoms with Crippen LogP contribution in [0.1, 0.15) is 48.4 Å². The number of nitrogens with zero attached hydrogens (tertiary/aromatic N) is 3. The molecule has 0 aromatic carbocycles. The lowest BCUT2D eigenvalue weighted by atomic mass is 9.99. The molecular weight excluding hydrogens is 296 g/mol. The Morgan fingerprint density at radius 1 is 1.17 bits per heavy atom. The van der Waals surface area contributed by atoms with Crippen LogP contribution >= 0.6 is 0 Å². The topological polar surface area (TPSA) is 61.6 Å². The third-order valence-electron chi connectivity index (χ3n) is 4.38. The molecule has 0 saturated heterocycles. The van der Waals surface area contributed by atoms with Gasteiger partial charge in [0, 0.05) is 6.20 Å². The van der Waals surface area contributed by atoms with Crippen molar-refractivity contribution >= 4 is 17.2 Å². The largest absolute Gasteiger partial charge is 0.325 e. The summed E-state index contributed by atoms with van der Waals surface area (Å²) in [4.78, 5) is 9.07. The van der Waals surface area contributed by atoms with Gasteiger partial charge in [-0.25, -0.2) is 9.97 Å². The van der Waals surface area contributed by atoms with Gasteiger partial charge in [-0.1, -0.05) is 18.2 Å².